The van der Waals surface area contributed by atoms with Crippen molar-refractivity contribution in [2.75, 3.05) is 24.6 Å². The lowest BCUT2D eigenvalue weighted by Gasteiger charge is -2.20. The first-order valence-corrected chi connectivity index (χ1v) is 8.36. The first-order valence-electron chi connectivity index (χ1n) is 6.71. The number of likely N-dealkylation sites (tertiary alicyclic amines) is 1. The van der Waals surface area contributed by atoms with E-state index in [2.05, 4.69) is 4.98 Å². The third-order valence-corrected chi connectivity index (χ3v) is 5.09. The number of nitrogens with zero attached hydrogens (tertiary/aromatic N) is 2. The van der Waals surface area contributed by atoms with E-state index in [0.29, 0.717) is 13.1 Å². The number of nitrogens with two attached hydrogens (primary N) is 1. The van der Waals surface area contributed by atoms with Crippen LogP contribution in [0.15, 0.2) is 23.4 Å². The number of carbonyl (C=O) groups is 1. The van der Waals surface area contributed by atoms with E-state index < -0.39 is 15.6 Å². The van der Waals surface area contributed by atoms with E-state index in [1.165, 1.54) is 18.5 Å². The Morgan fingerprint density at radius 2 is 1.90 bits per heavy atom. The zero-order valence-corrected chi connectivity index (χ0v) is 12.1. The van der Waals surface area contributed by atoms with Gasteiger partial charge in [0.2, 0.25) is 5.91 Å². The lowest BCUT2D eigenvalue weighted by molar-refractivity contribution is -0.128. The molecule has 0 spiro atoms. The standard InChI is InChI=1S/C13H19N3O3S/c14-11-9-15-6-5-12(11)20(18,19)10-13(17)16-7-3-1-2-4-8-16/h5-6,9H,1-4,7-8,10,14H2. The van der Waals surface area contributed by atoms with Gasteiger partial charge in [0.1, 0.15) is 5.75 Å². The van der Waals surface area contributed by atoms with Gasteiger partial charge in [-0.3, -0.25) is 9.78 Å². The van der Waals surface area contributed by atoms with Gasteiger partial charge in [0.25, 0.3) is 0 Å². The van der Waals surface area contributed by atoms with Crippen LogP contribution in [0.1, 0.15) is 25.7 Å². The molecule has 110 valence electrons. The molecule has 0 aliphatic carbocycles. The Labute approximate surface area is 118 Å². The van der Waals surface area contributed by atoms with Gasteiger partial charge in [-0.1, -0.05) is 12.8 Å². The number of anilines is 1. The zero-order valence-electron chi connectivity index (χ0n) is 11.3. The number of hydrogen-bond acceptors (Lipinski definition) is 5. The second kappa shape index (κ2) is 6.21. The van der Waals surface area contributed by atoms with Crippen molar-refractivity contribution in [3.8, 4) is 0 Å². The van der Waals surface area contributed by atoms with Crippen LogP contribution in [0.3, 0.4) is 0 Å². The average Bonchev–Trinajstić information content (AvgIpc) is 2.67. The fourth-order valence-electron chi connectivity index (χ4n) is 2.33. The van der Waals surface area contributed by atoms with Crippen LogP contribution in [-0.4, -0.2) is 43.1 Å². The predicted molar refractivity (Wildman–Crippen MR) is 75.8 cm³/mol. The topological polar surface area (TPSA) is 93.4 Å². The first-order chi connectivity index (χ1) is 9.50. The maximum Gasteiger partial charge on any atom is 0.238 e. The van der Waals surface area contributed by atoms with Crippen molar-refractivity contribution >= 4 is 21.4 Å². The lowest BCUT2D eigenvalue weighted by atomic mass is 10.2. The summed E-state index contributed by atoms with van der Waals surface area (Å²) in [6, 6.07) is 1.33. The smallest absolute Gasteiger partial charge is 0.238 e. The number of hydrogen-bond donors (Lipinski definition) is 1. The monoisotopic (exact) mass is 297 g/mol. The SMILES string of the molecule is Nc1cnccc1S(=O)(=O)CC(=O)N1CCCCCC1. The van der Waals surface area contributed by atoms with Gasteiger partial charge in [0.15, 0.2) is 9.84 Å². The minimum absolute atomic E-state index is 0.0179. The minimum Gasteiger partial charge on any atom is -0.396 e. The second-order valence-electron chi connectivity index (χ2n) is 4.97. The Kier molecular flexibility index (Phi) is 4.59. The van der Waals surface area contributed by atoms with Gasteiger partial charge in [-0.25, -0.2) is 8.42 Å². The Hall–Kier alpha value is -1.63. The van der Waals surface area contributed by atoms with Crippen LogP contribution in [0, 0.1) is 0 Å². The summed E-state index contributed by atoms with van der Waals surface area (Å²) in [4.78, 5) is 17.5. The van der Waals surface area contributed by atoms with E-state index in [1.807, 2.05) is 0 Å². The predicted octanol–water partition coefficient (Wildman–Crippen LogP) is 0.840. The molecule has 6 nitrogen and oxygen atoms in total. The van der Waals surface area contributed by atoms with Crippen molar-refractivity contribution in [1.29, 1.82) is 0 Å². The molecule has 1 aliphatic rings. The molecule has 0 saturated carbocycles. The highest BCUT2D eigenvalue weighted by Gasteiger charge is 2.25. The highest BCUT2D eigenvalue weighted by Crippen LogP contribution is 2.19. The van der Waals surface area contributed by atoms with Crippen molar-refractivity contribution in [1.82, 2.24) is 9.88 Å². The molecule has 0 radical (unpaired) electrons. The molecule has 1 amide bonds. The molecule has 2 rings (SSSR count). The minimum atomic E-state index is -3.71. The maximum absolute atomic E-state index is 12.2. The largest absolute Gasteiger partial charge is 0.396 e. The first kappa shape index (κ1) is 14.8. The summed E-state index contributed by atoms with van der Waals surface area (Å²) in [7, 11) is -3.71. The molecular weight excluding hydrogens is 278 g/mol. The van der Waals surface area contributed by atoms with Crippen molar-refractivity contribution in [2.24, 2.45) is 0 Å². The summed E-state index contributed by atoms with van der Waals surface area (Å²) in [6.45, 7) is 1.28. The summed E-state index contributed by atoms with van der Waals surface area (Å²) >= 11 is 0. The molecule has 0 atom stereocenters. The number of amides is 1. The van der Waals surface area contributed by atoms with Crippen molar-refractivity contribution in [3.63, 3.8) is 0 Å². The van der Waals surface area contributed by atoms with Gasteiger partial charge in [-0.2, -0.15) is 0 Å². The van der Waals surface area contributed by atoms with Crippen LogP contribution in [0.2, 0.25) is 0 Å². The fraction of sp³-hybridized carbons (Fsp3) is 0.538. The molecule has 0 aromatic carbocycles. The maximum atomic E-state index is 12.2. The molecule has 1 saturated heterocycles. The van der Waals surface area contributed by atoms with Crippen molar-refractivity contribution in [3.05, 3.63) is 18.5 Å². The molecular formula is C13H19N3O3S. The molecule has 1 aromatic rings. The highest BCUT2D eigenvalue weighted by atomic mass is 32.2. The molecule has 7 heteroatoms. The zero-order chi connectivity index (χ0) is 14.6. The summed E-state index contributed by atoms with van der Waals surface area (Å²) in [5.74, 6) is -0.871. The Balaban J connectivity index is 2.12. The van der Waals surface area contributed by atoms with Crippen LogP contribution in [0.25, 0.3) is 0 Å². The third kappa shape index (κ3) is 3.47. The molecule has 1 aromatic heterocycles. The van der Waals surface area contributed by atoms with Gasteiger partial charge in [-0.15, -0.1) is 0 Å². The second-order valence-corrected chi connectivity index (χ2v) is 6.93. The van der Waals surface area contributed by atoms with Crippen molar-refractivity contribution < 1.29 is 13.2 Å². The third-order valence-electron chi connectivity index (χ3n) is 3.42. The van der Waals surface area contributed by atoms with E-state index in [4.69, 9.17) is 5.73 Å². The van der Waals surface area contributed by atoms with Crippen LogP contribution in [-0.2, 0) is 14.6 Å². The number of sulfone groups is 1. The molecule has 1 aliphatic heterocycles. The highest BCUT2D eigenvalue weighted by molar-refractivity contribution is 7.92. The summed E-state index contributed by atoms with van der Waals surface area (Å²) in [5.41, 5.74) is 5.70. The van der Waals surface area contributed by atoms with E-state index in [-0.39, 0.29) is 16.5 Å². The van der Waals surface area contributed by atoms with Gasteiger partial charge in [0.05, 0.1) is 16.8 Å². The van der Waals surface area contributed by atoms with Crippen LogP contribution in [0.4, 0.5) is 5.69 Å². The van der Waals surface area contributed by atoms with E-state index in [1.54, 1.807) is 4.90 Å². The molecule has 1 fully saturated rings. The lowest BCUT2D eigenvalue weighted by Crippen LogP contribution is -2.36. The van der Waals surface area contributed by atoms with Gasteiger partial charge >= 0.3 is 0 Å². The molecule has 2 N–H and O–H groups in total. The molecule has 20 heavy (non-hydrogen) atoms. The number of carbonyl (C=O) groups excluding carboxylic acids is 1. The fourth-order valence-corrected chi connectivity index (χ4v) is 3.67. The average molecular weight is 297 g/mol. The van der Waals surface area contributed by atoms with Gasteiger partial charge < -0.3 is 10.6 Å². The van der Waals surface area contributed by atoms with E-state index in [9.17, 15) is 13.2 Å². The van der Waals surface area contributed by atoms with Crippen LogP contribution >= 0.6 is 0 Å². The normalized spacial score (nSPS) is 16.7. The number of aromatic nitrogens is 1. The molecule has 2 heterocycles. The van der Waals surface area contributed by atoms with Crippen molar-refractivity contribution in [2.45, 2.75) is 30.6 Å². The molecule has 0 unspecified atom stereocenters. The van der Waals surface area contributed by atoms with Gasteiger partial charge in [-0.05, 0) is 18.9 Å². The molecule has 0 bridgehead atoms. The van der Waals surface area contributed by atoms with Gasteiger partial charge in [0, 0.05) is 19.3 Å². The number of rotatable bonds is 3. The Morgan fingerprint density at radius 1 is 1.25 bits per heavy atom. The quantitative estimate of drug-likeness (QED) is 0.892. The number of pyridine rings is 1. The number of nitrogen functional groups attached to an aromatic ring is 1. The Morgan fingerprint density at radius 3 is 2.50 bits per heavy atom. The van der Waals surface area contributed by atoms with E-state index in [0.717, 1.165) is 25.7 Å². The summed E-state index contributed by atoms with van der Waals surface area (Å²) in [5, 5.41) is 0. The van der Waals surface area contributed by atoms with E-state index >= 15 is 0 Å². The van der Waals surface area contributed by atoms with Crippen LogP contribution in [0.5, 0.6) is 0 Å². The Bertz CT molecular complexity index is 578. The van der Waals surface area contributed by atoms with Crippen LogP contribution < -0.4 is 5.73 Å². The summed E-state index contributed by atoms with van der Waals surface area (Å²) < 4.78 is 24.5. The summed E-state index contributed by atoms with van der Waals surface area (Å²) in [6.07, 6.45) is 6.69.